The van der Waals surface area contributed by atoms with E-state index in [1.165, 1.54) is 0 Å². The highest BCUT2D eigenvalue weighted by molar-refractivity contribution is 5.56. The van der Waals surface area contributed by atoms with Crippen LogP contribution in [0.25, 0.3) is 0 Å². The second-order valence-electron chi connectivity index (χ2n) is 5.08. The van der Waals surface area contributed by atoms with Crippen LogP contribution >= 0.6 is 0 Å². The van der Waals surface area contributed by atoms with E-state index in [0.717, 1.165) is 30.6 Å². The lowest BCUT2D eigenvalue weighted by atomic mass is 9.96. The Hall–Kier alpha value is -1.23. The molecule has 1 unspecified atom stereocenters. The molecule has 0 fully saturated rings. The first kappa shape index (κ1) is 14.2. The van der Waals surface area contributed by atoms with Crippen molar-refractivity contribution in [2.45, 2.75) is 38.0 Å². The van der Waals surface area contributed by atoms with Gasteiger partial charge in [-0.15, -0.1) is 0 Å². The summed E-state index contributed by atoms with van der Waals surface area (Å²) in [4.78, 5) is 2.13. The van der Waals surface area contributed by atoms with Crippen molar-refractivity contribution in [2.24, 2.45) is 0 Å². The van der Waals surface area contributed by atoms with E-state index in [9.17, 15) is 18.3 Å². The average Bonchev–Trinajstić information content (AvgIpc) is 2.35. The molecule has 5 heteroatoms. The third kappa shape index (κ3) is 3.62. The zero-order valence-corrected chi connectivity index (χ0v) is 10.9. The van der Waals surface area contributed by atoms with Gasteiger partial charge in [-0.05, 0) is 36.5 Å². The molecule has 0 bridgehead atoms. The van der Waals surface area contributed by atoms with E-state index in [2.05, 4.69) is 4.90 Å². The first-order valence-corrected chi connectivity index (χ1v) is 6.45. The van der Waals surface area contributed by atoms with Crippen LogP contribution in [0.3, 0.4) is 0 Å². The molecule has 19 heavy (non-hydrogen) atoms. The van der Waals surface area contributed by atoms with Gasteiger partial charge in [-0.2, -0.15) is 13.2 Å². The van der Waals surface area contributed by atoms with Crippen LogP contribution in [0.4, 0.5) is 18.9 Å². The number of alkyl halides is 3. The van der Waals surface area contributed by atoms with Gasteiger partial charge < -0.3 is 10.0 Å². The Morgan fingerprint density at radius 3 is 2.79 bits per heavy atom. The Bertz CT molecular complexity index is 445. The first-order chi connectivity index (χ1) is 8.87. The molecule has 1 aromatic rings. The largest absolute Gasteiger partial charge is 0.389 e. The summed E-state index contributed by atoms with van der Waals surface area (Å²) in [7, 11) is 2.00. The maximum atomic E-state index is 12.1. The van der Waals surface area contributed by atoms with Gasteiger partial charge in [0.1, 0.15) is 0 Å². The van der Waals surface area contributed by atoms with Crippen LogP contribution in [0.15, 0.2) is 18.2 Å². The average molecular weight is 273 g/mol. The molecule has 106 valence electrons. The van der Waals surface area contributed by atoms with E-state index in [0.29, 0.717) is 5.56 Å². The zero-order valence-electron chi connectivity index (χ0n) is 10.9. The second kappa shape index (κ2) is 5.41. The van der Waals surface area contributed by atoms with Crippen molar-refractivity contribution in [3.63, 3.8) is 0 Å². The number of aliphatic hydroxyl groups is 1. The summed E-state index contributed by atoms with van der Waals surface area (Å²) in [6.45, 7) is 0.989. The molecule has 1 aliphatic heterocycles. The standard InChI is InChI=1S/C14H18F3NO/c1-18-8-2-3-10-9-11(4-5-12(10)18)13(19)6-7-14(15,16)17/h4-5,9,13,19H,2-3,6-8H2,1H3. The van der Waals surface area contributed by atoms with Crippen LogP contribution in [-0.4, -0.2) is 24.9 Å². The van der Waals surface area contributed by atoms with E-state index in [1.54, 1.807) is 6.07 Å². The monoisotopic (exact) mass is 273 g/mol. The van der Waals surface area contributed by atoms with E-state index < -0.39 is 18.7 Å². The van der Waals surface area contributed by atoms with Gasteiger partial charge in [-0.3, -0.25) is 0 Å². The molecule has 0 aliphatic carbocycles. The highest BCUT2D eigenvalue weighted by Crippen LogP contribution is 2.32. The number of nitrogens with zero attached hydrogens (tertiary/aromatic N) is 1. The van der Waals surface area contributed by atoms with Gasteiger partial charge in [0.25, 0.3) is 0 Å². The third-order valence-corrected chi connectivity index (χ3v) is 3.54. The first-order valence-electron chi connectivity index (χ1n) is 6.45. The number of hydrogen-bond donors (Lipinski definition) is 1. The van der Waals surface area contributed by atoms with Crippen molar-refractivity contribution in [1.82, 2.24) is 0 Å². The van der Waals surface area contributed by atoms with E-state index in [1.807, 2.05) is 19.2 Å². The predicted octanol–water partition coefficient (Wildman–Crippen LogP) is 3.44. The van der Waals surface area contributed by atoms with Gasteiger partial charge in [-0.25, -0.2) is 0 Å². The fourth-order valence-electron chi connectivity index (χ4n) is 2.48. The maximum Gasteiger partial charge on any atom is 0.389 e. The van der Waals surface area contributed by atoms with Crippen molar-refractivity contribution in [3.8, 4) is 0 Å². The Labute approximate surface area is 110 Å². The van der Waals surface area contributed by atoms with Crippen molar-refractivity contribution >= 4 is 5.69 Å². The maximum absolute atomic E-state index is 12.1. The molecule has 0 radical (unpaired) electrons. The molecule has 0 amide bonds. The summed E-state index contributed by atoms with van der Waals surface area (Å²) in [6, 6.07) is 5.45. The summed E-state index contributed by atoms with van der Waals surface area (Å²) in [5, 5.41) is 9.84. The fourth-order valence-corrected chi connectivity index (χ4v) is 2.48. The SMILES string of the molecule is CN1CCCc2cc(C(O)CCC(F)(F)F)ccc21. The van der Waals surface area contributed by atoms with Gasteiger partial charge in [0, 0.05) is 25.7 Å². The molecule has 2 rings (SSSR count). The highest BCUT2D eigenvalue weighted by atomic mass is 19.4. The molecular formula is C14H18F3NO. The summed E-state index contributed by atoms with van der Waals surface area (Å²) in [5.74, 6) is 0. The van der Waals surface area contributed by atoms with Crippen LogP contribution in [0, 0.1) is 0 Å². The van der Waals surface area contributed by atoms with Crippen molar-refractivity contribution in [1.29, 1.82) is 0 Å². The minimum atomic E-state index is -4.21. The number of benzene rings is 1. The van der Waals surface area contributed by atoms with E-state index >= 15 is 0 Å². The number of rotatable bonds is 3. The number of halogens is 3. The topological polar surface area (TPSA) is 23.5 Å². The minimum Gasteiger partial charge on any atom is -0.388 e. The molecule has 1 N–H and O–H groups in total. The van der Waals surface area contributed by atoms with Gasteiger partial charge in [0.15, 0.2) is 0 Å². The Balaban J connectivity index is 2.09. The quantitative estimate of drug-likeness (QED) is 0.911. The molecule has 0 saturated heterocycles. The van der Waals surface area contributed by atoms with Crippen molar-refractivity contribution in [3.05, 3.63) is 29.3 Å². The van der Waals surface area contributed by atoms with Crippen LogP contribution in [-0.2, 0) is 6.42 Å². The molecular weight excluding hydrogens is 255 g/mol. The third-order valence-electron chi connectivity index (χ3n) is 3.54. The summed E-state index contributed by atoms with van der Waals surface area (Å²) in [6.07, 6.45) is -4.54. The van der Waals surface area contributed by atoms with Gasteiger partial charge in [0.2, 0.25) is 0 Å². The summed E-state index contributed by atoms with van der Waals surface area (Å²) < 4.78 is 36.4. The molecule has 1 heterocycles. The minimum absolute atomic E-state index is 0.280. The number of aryl methyl sites for hydroxylation is 1. The number of anilines is 1. The van der Waals surface area contributed by atoms with Crippen molar-refractivity contribution in [2.75, 3.05) is 18.5 Å². The molecule has 1 aromatic carbocycles. The van der Waals surface area contributed by atoms with Gasteiger partial charge in [-0.1, -0.05) is 12.1 Å². The van der Waals surface area contributed by atoms with Crippen LogP contribution in [0.1, 0.15) is 36.5 Å². The number of hydrogen-bond acceptors (Lipinski definition) is 2. The van der Waals surface area contributed by atoms with Crippen LogP contribution < -0.4 is 4.90 Å². The normalized spacial score (nSPS) is 17.2. The molecule has 0 aromatic heterocycles. The zero-order chi connectivity index (χ0) is 14.0. The molecule has 1 atom stereocenters. The molecule has 2 nitrogen and oxygen atoms in total. The molecule has 0 spiro atoms. The second-order valence-corrected chi connectivity index (χ2v) is 5.08. The predicted molar refractivity (Wildman–Crippen MR) is 68.3 cm³/mol. The van der Waals surface area contributed by atoms with Crippen molar-refractivity contribution < 1.29 is 18.3 Å². The number of aliphatic hydroxyl groups excluding tert-OH is 1. The summed E-state index contributed by atoms with van der Waals surface area (Å²) >= 11 is 0. The lowest BCUT2D eigenvalue weighted by Gasteiger charge is -2.28. The summed E-state index contributed by atoms with van der Waals surface area (Å²) in [5.41, 5.74) is 2.80. The Kier molecular flexibility index (Phi) is 4.04. The Morgan fingerprint density at radius 2 is 2.11 bits per heavy atom. The number of fused-ring (bicyclic) bond motifs is 1. The fraction of sp³-hybridized carbons (Fsp3) is 0.571. The lowest BCUT2D eigenvalue weighted by molar-refractivity contribution is -0.140. The van der Waals surface area contributed by atoms with Crippen LogP contribution in [0.2, 0.25) is 0 Å². The van der Waals surface area contributed by atoms with E-state index in [-0.39, 0.29) is 6.42 Å². The van der Waals surface area contributed by atoms with E-state index in [4.69, 9.17) is 0 Å². The highest BCUT2D eigenvalue weighted by Gasteiger charge is 2.28. The van der Waals surface area contributed by atoms with Gasteiger partial charge in [0.05, 0.1) is 6.10 Å². The smallest absolute Gasteiger partial charge is 0.388 e. The van der Waals surface area contributed by atoms with Crippen LogP contribution in [0.5, 0.6) is 0 Å². The molecule has 0 saturated carbocycles. The lowest BCUT2D eigenvalue weighted by Crippen LogP contribution is -2.24. The molecule has 1 aliphatic rings. The van der Waals surface area contributed by atoms with Gasteiger partial charge >= 0.3 is 6.18 Å². The Morgan fingerprint density at radius 1 is 1.37 bits per heavy atom.